The first-order valence-electron chi connectivity index (χ1n) is 8.23. The van der Waals surface area contributed by atoms with Crippen LogP contribution in [0.4, 0.5) is 0 Å². The maximum Gasteiger partial charge on any atom is 0.193 e. The van der Waals surface area contributed by atoms with Crippen molar-refractivity contribution in [3.05, 3.63) is 59.4 Å². The van der Waals surface area contributed by atoms with E-state index in [4.69, 9.17) is 0 Å². The van der Waals surface area contributed by atoms with Gasteiger partial charge in [0.05, 0.1) is 6.54 Å². The molecule has 1 aromatic carbocycles. The third-order valence-electron chi connectivity index (χ3n) is 4.15. The quantitative estimate of drug-likeness (QED) is 0.424. The van der Waals surface area contributed by atoms with Crippen molar-refractivity contribution in [2.24, 2.45) is 12.0 Å². The van der Waals surface area contributed by atoms with Crippen molar-refractivity contribution in [1.29, 1.82) is 0 Å². The van der Waals surface area contributed by atoms with Gasteiger partial charge in [0.1, 0.15) is 0 Å². The summed E-state index contributed by atoms with van der Waals surface area (Å²) in [6.07, 6.45) is 4.16. The number of nitrogens with zero attached hydrogens (tertiary/aromatic N) is 3. The van der Waals surface area contributed by atoms with Gasteiger partial charge in [-0.1, -0.05) is 31.2 Å². The van der Waals surface area contributed by atoms with E-state index in [2.05, 4.69) is 83.4 Å². The van der Waals surface area contributed by atoms with Gasteiger partial charge in [-0.25, -0.2) is 0 Å². The molecule has 0 unspecified atom stereocenters. The molecule has 0 amide bonds. The van der Waals surface area contributed by atoms with Crippen LogP contribution in [0.15, 0.2) is 47.6 Å². The predicted octanol–water partition coefficient (Wildman–Crippen LogP) is 3.46. The van der Waals surface area contributed by atoms with Crippen LogP contribution in [0, 0.1) is 0 Å². The van der Waals surface area contributed by atoms with Gasteiger partial charge in [-0.05, 0) is 36.1 Å². The van der Waals surface area contributed by atoms with E-state index in [1.165, 1.54) is 16.8 Å². The summed E-state index contributed by atoms with van der Waals surface area (Å²) in [5.74, 6) is 0.927. The Morgan fingerprint density at radius 1 is 1.17 bits per heavy atom. The van der Waals surface area contributed by atoms with Gasteiger partial charge < -0.3 is 14.8 Å². The lowest BCUT2D eigenvalue weighted by atomic mass is 10.1. The molecule has 0 saturated heterocycles. The number of aliphatic imine (C=N–C) groups is 1. The number of halogens is 1. The van der Waals surface area contributed by atoms with E-state index in [9.17, 15) is 0 Å². The molecule has 0 aliphatic heterocycles. The van der Waals surface area contributed by atoms with Crippen LogP contribution in [0.2, 0.25) is 0 Å². The standard InChI is InChI=1S/C19H28N4.HI/c1-5-16-8-10-17(11-9-16)12-13-21-19(20-2)23(4)15-18-7-6-14-22(18)3;/h6-11,14H,5,12-13,15H2,1-4H3,(H,20,21);1H. The number of hydrogen-bond donors (Lipinski definition) is 1. The van der Waals surface area contributed by atoms with Gasteiger partial charge in [0, 0.05) is 39.6 Å². The summed E-state index contributed by atoms with van der Waals surface area (Å²) < 4.78 is 2.14. The van der Waals surface area contributed by atoms with Gasteiger partial charge in [0.25, 0.3) is 0 Å². The van der Waals surface area contributed by atoms with Gasteiger partial charge in [-0.15, -0.1) is 24.0 Å². The van der Waals surface area contributed by atoms with Crippen LogP contribution in [0.1, 0.15) is 23.7 Å². The molecule has 5 heteroatoms. The molecule has 1 heterocycles. The highest BCUT2D eigenvalue weighted by molar-refractivity contribution is 14.0. The van der Waals surface area contributed by atoms with Crippen molar-refractivity contribution in [3.8, 4) is 0 Å². The lowest BCUT2D eigenvalue weighted by Crippen LogP contribution is -2.39. The highest BCUT2D eigenvalue weighted by atomic mass is 127. The van der Waals surface area contributed by atoms with E-state index in [0.29, 0.717) is 0 Å². The molecule has 0 spiro atoms. The maximum absolute atomic E-state index is 4.38. The van der Waals surface area contributed by atoms with Crippen molar-refractivity contribution < 1.29 is 0 Å². The zero-order valence-electron chi connectivity index (χ0n) is 15.1. The number of rotatable bonds is 6. The van der Waals surface area contributed by atoms with Crippen LogP contribution in [-0.2, 0) is 26.4 Å². The Labute approximate surface area is 163 Å². The molecule has 0 saturated carbocycles. The van der Waals surface area contributed by atoms with Crippen LogP contribution < -0.4 is 5.32 Å². The fourth-order valence-corrected chi connectivity index (χ4v) is 2.62. The highest BCUT2D eigenvalue weighted by Gasteiger charge is 2.07. The molecular weight excluding hydrogens is 411 g/mol. The molecule has 0 bridgehead atoms. The van der Waals surface area contributed by atoms with Gasteiger partial charge in [-0.2, -0.15) is 0 Å². The Kier molecular flexibility index (Phi) is 8.89. The number of nitrogens with one attached hydrogen (secondary N) is 1. The van der Waals surface area contributed by atoms with E-state index >= 15 is 0 Å². The van der Waals surface area contributed by atoms with E-state index in [-0.39, 0.29) is 24.0 Å². The molecule has 0 aliphatic carbocycles. The van der Waals surface area contributed by atoms with Crippen LogP contribution in [0.25, 0.3) is 0 Å². The minimum absolute atomic E-state index is 0. The van der Waals surface area contributed by atoms with Gasteiger partial charge in [0.15, 0.2) is 5.96 Å². The average molecular weight is 440 g/mol. The third kappa shape index (κ3) is 5.85. The van der Waals surface area contributed by atoms with Gasteiger partial charge in [0.2, 0.25) is 0 Å². The summed E-state index contributed by atoms with van der Waals surface area (Å²) in [6, 6.07) is 13.1. The summed E-state index contributed by atoms with van der Waals surface area (Å²) in [5.41, 5.74) is 4.01. The number of aromatic nitrogens is 1. The summed E-state index contributed by atoms with van der Waals surface area (Å²) in [5, 5.41) is 3.44. The van der Waals surface area contributed by atoms with Crippen molar-refractivity contribution in [1.82, 2.24) is 14.8 Å². The lowest BCUT2D eigenvalue weighted by Gasteiger charge is -2.22. The zero-order valence-corrected chi connectivity index (χ0v) is 17.5. The molecule has 0 aliphatic rings. The second-order valence-corrected chi connectivity index (χ2v) is 5.86. The minimum Gasteiger partial charge on any atom is -0.356 e. The molecule has 0 radical (unpaired) electrons. The molecule has 1 N–H and O–H groups in total. The van der Waals surface area contributed by atoms with Crippen molar-refractivity contribution >= 4 is 29.9 Å². The topological polar surface area (TPSA) is 32.6 Å². The molecule has 1 aromatic heterocycles. The lowest BCUT2D eigenvalue weighted by molar-refractivity contribution is 0.462. The zero-order chi connectivity index (χ0) is 16.7. The molecule has 24 heavy (non-hydrogen) atoms. The maximum atomic E-state index is 4.38. The number of guanidine groups is 1. The first-order valence-corrected chi connectivity index (χ1v) is 8.23. The summed E-state index contributed by atoms with van der Waals surface area (Å²) >= 11 is 0. The van der Waals surface area contributed by atoms with Crippen LogP contribution in [0.3, 0.4) is 0 Å². The van der Waals surface area contributed by atoms with Crippen LogP contribution >= 0.6 is 24.0 Å². The fraction of sp³-hybridized carbons (Fsp3) is 0.421. The SMILES string of the molecule is CCc1ccc(CCNC(=NC)N(C)Cc2cccn2C)cc1.I. The fourth-order valence-electron chi connectivity index (χ4n) is 2.62. The second kappa shape index (κ2) is 10.4. The van der Waals surface area contributed by atoms with Gasteiger partial charge >= 0.3 is 0 Å². The summed E-state index contributed by atoms with van der Waals surface area (Å²) in [4.78, 5) is 6.53. The summed E-state index contributed by atoms with van der Waals surface area (Å²) in [7, 11) is 5.97. The Balaban J connectivity index is 0.00000288. The van der Waals surface area contributed by atoms with Crippen molar-refractivity contribution in [2.45, 2.75) is 26.3 Å². The van der Waals surface area contributed by atoms with E-state index in [1.54, 1.807) is 0 Å². The van der Waals surface area contributed by atoms with E-state index in [0.717, 1.165) is 31.9 Å². The Morgan fingerprint density at radius 2 is 1.83 bits per heavy atom. The third-order valence-corrected chi connectivity index (χ3v) is 4.15. The number of benzene rings is 1. The van der Waals surface area contributed by atoms with Crippen molar-refractivity contribution in [2.75, 3.05) is 20.6 Å². The molecule has 132 valence electrons. The van der Waals surface area contributed by atoms with Gasteiger partial charge in [-0.3, -0.25) is 4.99 Å². The molecular formula is C19H29IN4. The normalized spacial score (nSPS) is 11.1. The number of hydrogen-bond acceptors (Lipinski definition) is 1. The molecule has 2 aromatic rings. The molecule has 0 atom stereocenters. The summed E-state index contributed by atoms with van der Waals surface area (Å²) in [6.45, 7) is 3.91. The molecule has 2 rings (SSSR count). The Bertz CT molecular complexity index is 631. The Morgan fingerprint density at radius 3 is 2.38 bits per heavy atom. The predicted molar refractivity (Wildman–Crippen MR) is 113 cm³/mol. The smallest absolute Gasteiger partial charge is 0.193 e. The number of aryl methyl sites for hydroxylation is 2. The largest absolute Gasteiger partial charge is 0.356 e. The van der Waals surface area contributed by atoms with Crippen LogP contribution in [-0.4, -0.2) is 36.1 Å². The molecule has 4 nitrogen and oxygen atoms in total. The first-order chi connectivity index (χ1) is 11.1. The Hall–Kier alpha value is -1.50. The monoisotopic (exact) mass is 440 g/mol. The van der Waals surface area contributed by atoms with Crippen molar-refractivity contribution in [3.63, 3.8) is 0 Å². The molecule has 0 fully saturated rings. The van der Waals surface area contributed by atoms with E-state index < -0.39 is 0 Å². The van der Waals surface area contributed by atoms with Crippen LogP contribution in [0.5, 0.6) is 0 Å². The second-order valence-electron chi connectivity index (χ2n) is 5.86. The first kappa shape index (κ1) is 20.5. The van der Waals surface area contributed by atoms with E-state index in [1.807, 2.05) is 7.05 Å². The average Bonchev–Trinajstić information content (AvgIpc) is 2.97. The minimum atomic E-state index is 0. The highest BCUT2D eigenvalue weighted by Crippen LogP contribution is 2.06.